The zero-order valence-electron chi connectivity index (χ0n) is 19.3. The van der Waals surface area contributed by atoms with Crippen molar-refractivity contribution in [2.75, 3.05) is 31.6 Å². The Morgan fingerprint density at radius 2 is 2.00 bits per heavy atom. The Kier molecular flexibility index (Phi) is 5.29. The van der Waals surface area contributed by atoms with E-state index in [2.05, 4.69) is 20.9 Å². The number of H-pyrrole nitrogens is 1. The number of pyridine rings is 1. The number of benzene rings is 1. The van der Waals surface area contributed by atoms with Gasteiger partial charge in [-0.2, -0.15) is 0 Å². The van der Waals surface area contributed by atoms with Gasteiger partial charge in [-0.1, -0.05) is 6.42 Å². The van der Waals surface area contributed by atoms with Gasteiger partial charge in [-0.15, -0.1) is 0 Å². The summed E-state index contributed by atoms with van der Waals surface area (Å²) in [5, 5.41) is 0.715. The first kappa shape index (κ1) is 20.7. The number of hydrogen-bond acceptors (Lipinski definition) is 6. The highest BCUT2D eigenvalue weighted by Crippen LogP contribution is 2.43. The molecule has 6 rings (SSSR count). The number of nitrogens with one attached hydrogen (secondary N) is 1. The lowest BCUT2D eigenvalue weighted by molar-refractivity contribution is 0.217. The highest BCUT2D eigenvalue weighted by atomic mass is 16.5. The van der Waals surface area contributed by atoms with Gasteiger partial charge in [0.05, 0.1) is 23.7 Å². The van der Waals surface area contributed by atoms with E-state index in [1.54, 1.807) is 7.11 Å². The molecule has 0 atom stereocenters. The highest BCUT2D eigenvalue weighted by Gasteiger charge is 2.29. The minimum absolute atomic E-state index is 0.0501. The number of fused-ring (bicyclic) bond motifs is 2. The van der Waals surface area contributed by atoms with Gasteiger partial charge in [0, 0.05) is 31.9 Å². The maximum atomic E-state index is 13.1. The second-order valence-corrected chi connectivity index (χ2v) is 9.68. The smallest absolute Gasteiger partial charge is 0.260 e. The van der Waals surface area contributed by atoms with Crippen molar-refractivity contribution in [3.63, 3.8) is 0 Å². The number of likely N-dealkylation sites (tertiary alicyclic amines) is 1. The van der Waals surface area contributed by atoms with Gasteiger partial charge in [0.1, 0.15) is 5.75 Å². The molecule has 172 valence electrons. The van der Waals surface area contributed by atoms with Crippen LogP contribution >= 0.6 is 0 Å². The SMILES string of the molecule is COc1cc(C2CC2)c2c(=O)[nH]c(N3CCc4c(ccnc4CN4CCCCC4)C3)nc2c1. The van der Waals surface area contributed by atoms with E-state index in [1.165, 1.54) is 49.2 Å². The van der Waals surface area contributed by atoms with Crippen LogP contribution in [0.1, 0.15) is 60.4 Å². The first-order valence-electron chi connectivity index (χ1n) is 12.2. The zero-order chi connectivity index (χ0) is 22.4. The van der Waals surface area contributed by atoms with E-state index in [1.807, 2.05) is 18.3 Å². The summed E-state index contributed by atoms with van der Waals surface area (Å²) in [6, 6.07) is 6.01. The molecule has 0 unspecified atom stereocenters. The van der Waals surface area contributed by atoms with Gasteiger partial charge in [0.15, 0.2) is 0 Å². The molecule has 2 aliphatic heterocycles. The molecule has 1 aromatic carbocycles. The fraction of sp³-hybridized carbons (Fsp3) is 0.500. The summed E-state index contributed by atoms with van der Waals surface area (Å²) in [5.41, 5.74) is 5.62. The topological polar surface area (TPSA) is 74.4 Å². The van der Waals surface area contributed by atoms with Crippen LogP contribution in [-0.4, -0.2) is 46.6 Å². The van der Waals surface area contributed by atoms with Crippen molar-refractivity contribution < 1.29 is 4.74 Å². The van der Waals surface area contributed by atoms with Crippen molar-refractivity contribution in [1.82, 2.24) is 19.9 Å². The van der Waals surface area contributed by atoms with Gasteiger partial charge in [-0.05, 0) is 79.9 Å². The lowest BCUT2D eigenvalue weighted by Crippen LogP contribution is -2.35. The van der Waals surface area contributed by atoms with E-state index in [0.717, 1.165) is 55.7 Å². The number of aromatic nitrogens is 3. The number of nitrogens with zero attached hydrogens (tertiary/aromatic N) is 4. The van der Waals surface area contributed by atoms with E-state index in [0.29, 0.717) is 17.3 Å². The Morgan fingerprint density at radius 3 is 2.79 bits per heavy atom. The molecule has 1 saturated carbocycles. The van der Waals surface area contributed by atoms with Gasteiger partial charge in [0.25, 0.3) is 5.56 Å². The van der Waals surface area contributed by atoms with E-state index in [9.17, 15) is 4.79 Å². The summed E-state index contributed by atoms with van der Waals surface area (Å²) >= 11 is 0. The molecule has 1 saturated heterocycles. The Bertz CT molecular complexity index is 1240. The van der Waals surface area contributed by atoms with Crippen molar-refractivity contribution in [2.24, 2.45) is 0 Å². The number of piperidine rings is 1. The first-order valence-corrected chi connectivity index (χ1v) is 12.2. The normalized spacial score (nSPS) is 19.0. The first-order chi connectivity index (χ1) is 16.2. The minimum Gasteiger partial charge on any atom is -0.497 e. The van der Waals surface area contributed by atoms with E-state index in [-0.39, 0.29) is 5.56 Å². The fourth-order valence-corrected chi connectivity index (χ4v) is 5.46. The molecule has 0 amide bonds. The van der Waals surface area contributed by atoms with Crippen LogP contribution in [-0.2, 0) is 19.5 Å². The van der Waals surface area contributed by atoms with Crippen LogP contribution in [0.5, 0.6) is 5.75 Å². The van der Waals surface area contributed by atoms with Crippen LogP contribution in [0.4, 0.5) is 5.95 Å². The summed E-state index contributed by atoms with van der Waals surface area (Å²) in [5.74, 6) is 1.86. The van der Waals surface area contributed by atoms with Crippen LogP contribution in [0.25, 0.3) is 10.9 Å². The predicted molar refractivity (Wildman–Crippen MR) is 129 cm³/mol. The third-order valence-electron chi connectivity index (χ3n) is 7.41. The van der Waals surface area contributed by atoms with Crippen molar-refractivity contribution in [3.05, 3.63) is 57.1 Å². The third-order valence-corrected chi connectivity index (χ3v) is 7.41. The van der Waals surface area contributed by atoms with E-state index < -0.39 is 0 Å². The Hall–Kier alpha value is -2.93. The molecule has 3 aliphatic rings. The van der Waals surface area contributed by atoms with Crippen molar-refractivity contribution in [1.29, 1.82) is 0 Å². The van der Waals surface area contributed by atoms with Gasteiger partial charge in [-0.3, -0.25) is 19.7 Å². The molecule has 4 heterocycles. The van der Waals surface area contributed by atoms with Gasteiger partial charge in [0.2, 0.25) is 5.95 Å². The second-order valence-electron chi connectivity index (χ2n) is 9.68. The zero-order valence-corrected chi connectivity index (χ0v) is 19.3. The summed E-state index contributed by atoms with van der Waals surface area (Å²) in [7, 11) is 1.67. The fourth-order valence-electron chi connectivity index (χ4n) is 5.46. The number of rotatable bonds is 5. The number of anilines is 1. The summed E-state index contributed by atoms with van der Waals surface area (Å²) in [6.07, 6.45) is 9.02. The average Bonchev–Trinajstić information content (AvgIpc) is 3.69. The molecule has 0 radical (unpaired) electrons. The molecule has 2 fully saturated rings. The highest BCUT2D eigenvalue weighted by molar-refractivity contribution is 5.85. The molecule has 0 bridgehead atoms. The Labute approximate surface area is 193 Å². The summed E-state index contributed by atoms with van der Waals surface area (Å²) in [6.45, 7) is 4.84. The van der Waals surface area contributed by atoms with Gasteiger partial charge in [-0.25, -0.2) is 4.98 Å². The molecule has 1 aliphatic carbocycles. The average molecular weight is 446 g/mol. The summed E-state index contributed by atoms with van der Waals surface area (Å²) < 4.78 is 5.51. The molecule has 2 aromatic heterocycles. The maximum absolute atomic E-state index is 13.1. The standard InChI is InChI=1S/C26H31N5O2/c1-33-19-13-21(17-5-6-17)24-22(14-19)28-26(29-25(24)32)31-12-8-20-18(15-31)7-9-27-23(20)16-30-10-3-2-4-11-30/h7,9,13-14,17H,2-6,8,10-12,15-16H2,1H3,(H,28,29,32). The van der Waals surface area contributed by atoms with E-state index in [4.69, 9.17) is 14.7 Å². The molecule has 3 aromatic rings. The van der Waals surface area contributed by atoms with Crippen molar-refractivity contribution in [3.8, 4) is 5.75 Å². The molecule has 0 spiro atoms. The number of ether oxygens (including phenoxy) is 1. The van der Waals surface area contributed by atoms with E-state index >= 15 is 0 Å². The Balaban J connectivity index is 1.30. The monoisotopic (exact) mass is 445 g/mol. The lowest BCUT2D eigenvalue weighted by atomic mass is 9.98. The molecular formula is C26H31N5O2. The molecule has 7 heteroatoms. The summed E-state index contributed by atoms with van der Waals surface area (Å²) in [4.78, 5) is 30.6. The minimum atomic E-state index is -0.0501. The van der Waals surface area contributed by atoms with Crippen molar-refractivity contribution in [2.45, 2.75) is 57.5 Å². The molecular weight excluding hydrogens is 414 g/mol. The molecule has 1 N–H and O–H groups in total. The van der Waals surface area contributed by atoms with Crippen molar-refractivity contribution >= 4 is 16.9 Å². The van der Waals surface area contributed by atoms with Crippen LogP contribution in [0, 0.1) is 0 Å². The maximum Gasteiger partial charge on any atom is 0.260 e. The molecule has 33 heavy (non-hydrogen) atoms. The van der Waals surface area contributed by atoms with Crippen LogP contribution < -0.4 is 15.2 Å². The second kappa shape index (κ2) is 8.45. The Morgan fingerprint density at radius 1 is 1.15 bits per heavy atom. The predicted octanol–water partition coefficient (Wildman–Crippen LogP) is 3.75. The largest absolute Gasteiger partial charge is 0.497 e. The number of methoxy groups -OCH3 is 1. The number of aromatic amines is 1. The quantitative estimate of drug-likeness (QED) is 0.645. The third kappa shape index (κ3) is 3.99. The molecule has 7 nitrogen and oxygen atoms in total. The van der Waals surface area contributed by atoms with Crippen LogP contribution in [0.2, 0.25) is 0 Å². The van der Waals surface area contributed by atoms with Crippen LogP contribution in [0.15, 0.2) is 29.2 Å². The van der Waals surface area contributed by atoms with Crippen LogP contribution in [0.3, 0.4) is 0 Å². The lowest BCUT2D eigenvalue weighted by Gasteiger charge is -2.32. The van der Waals surface area contributed by atoms with Gasteiger partial charge >= 0.3 is 0 Å². The van der Waals surface area contributed by atoms with Gasteiger partial charge < -0.3 is 9.64 Å². The number of hydrogen-bond donors (Lipinski definition) is 1.